The molecule has 0 aliphatic heterocycles. The molecule has 1 heterocycles. The van der Waals surface area contributed by atoms with Gasteiger partial charge in [-0.05, 0) is 49.4 Å². The number of pyridine rings is 1. The molecule has 4 heteroatoms. The third-order valence-electron chi connectivity index (χ3n) is 3.37. The zero-order valence-electron chi connectivity index (χ0n) is 12.8. The topological polar surface area (TPSA) is 43.3 Å². The standard InChI is InChI=1S/C17H22N2O2/c1-4-11-21-15-8-5-13(6-9-15)16-10-7-14(12-18-2)17(20)19(16)3/h5-10,18H,4,11-12H2,1-3H3. The minimum atomic E-state index is 0.0353. The van der Waals surface area contributed by atoms with Gasteiger partial charge < -0.3 is 14.6 Å². The van der Waals surface area contributed by atoms with Crippen LogP contribution in [0.2, 0.25) is 0 Å². The molecule has 0 aliphatic carbocycles. The van der Waals surface area contributed by atoms with Crippen molar-refractivity contribution in [3.8, 4) is 17.0 Å². The zero-order chi connectivity index (χ0) is 15.2. The molecule has 112 valence electrons. The molecule has 0 atom stereocenters. The summed E-state index contributed by atoms with van der Waals surface area (Å²) in [5.41, 5.74) is 2.72. The van der Waals surface area contributed by atoms with E-state index in [1.54, 1.807) is 11.6 Å². The second kappa shape index (κ2) is 7.09. The number of rotatable bonds is 6. The predicted octanol–water partition coefficient (Wildman–Crippen LogP) is 2.56. The fraction of sp³-hybridized carbons (Fsp3) is 0.353. The SMILES string of the molecule is CCCOc1ccc(-c2ccc(CNC)c(=O)n2C)cc1. The van der Waals surface area contributed by atoms with Gasteiger partial charge >= 0.3 is 0 Å². The molecule has 0 spiro atoms. The Hall–Kier alpha value is -2.07. The highest BCUT2D eigenvalue weighted by atomic mass is 16.5. The Morgan fingerprint density at radius 2 is 1.86 bits per heavy atom. The lowest BCUT2D eigenvalue weighted by Crippen LogP contribution is -2.25. The van der Waals surface area contributed by atoms with Gasteiger partial charge in [0.25, 0.3) is 5.56 Å². The Kier molecular flexibility index (Phi) is 5.17. The predicted molar refractivity (Wildman–Crippen MR) is 85.7 cm³/mol. The summed E-state index contributed by atoms with van der Waals surface area (Å²) in [5.74, 6) is 0.859. The van der Waals surface area contributed by atoms with Crippen molar-refractivity contribution in [2.45, 2.75) is 19.9 Å². The molecule has 1 N–H and O–H groups in total. The van der Waals surface area contributed by atoms with Crippen LogP contribution in [0.1, 0.15) is 18.9 Å². The molecule has 1 aromatic carbocycles. The number of nitrogens with one attached hydrogen (secondary N) is 1. The summed E-state index contributed by atoms with van der Waals surface area (Å²) >= 11 is 0. The molecular formula is C17H22N2O2. The van der Waals surface area contributed by atoms with E-state index in [2.05, 4.69) is 12.2 Å². The normalized spacial score (nSPS) is 10.6. The molecule has 0 saturated carbocycles. The van der Waals surface area contributed by atoms with Crippen molar-refractivity contribution in [3.63, 3.8) is 0 Å². The summed E-state index contributed by atoms with van der Waals surface area (Å²) in [5, 5.41) is 3.01. The van der Waals surface area contributed by atoms with Crippen LogP contribution >= 0.6 is 0 Å². The minimum Gasteiger partial charge on any atom is -0.494 e. The van der Waals surface area contributed by atoms with Crippen LogP contribution in [0, 0.1) is 0 Å². The van der Waals surface area contributed by atoms with Crippen LogP contribution < -0.4 is 15.6 Å². The van der Waals surface area contributed by atoms with E-state index in [0.29, 0.717) is 6.54 Å². The van der Waals surface area contributed by atoms with Crippen molar-refractivity contribution in [2.24, 2.45) is 7.05 Å². The van der Waals surface area contributed by atoms with Gasteiger partial charge in [-0.15, -0.1) is 0 Å². The van der Waals surface area contributed by atoms with Gasteiger partial charge in [-0.2, -0.15) is 0 Å². The van der Waals surface area contributed by atoms with Gasteiger partial charge in [0, 0.05) is 19.2 Å². The van der Waals surface area contributed by atoms with Crippen molar-refractivity contribution in [1.29, 1.82) is 0 Å². The average molecular weight is 286 g/mol. The molecule has 2 aromatic rings. The maximum Gasteiger partial charge on any atom is 0.255 e. The molecule has 0 bridgehead atoms. The molecule has 0 unspecified atom stereocenters. The lowest BCUT2D eigenvalue weighted by atomic mass is 10.1. The maximum absolute atomic E-state index is 12.3. The van der Waals surface area contributed by atoms with Gasteiger partial charge in [0.2, 0.25) is 0 Å². The molecule has 0 aliphatic rings. The highest BCUT2D eigenvalue weighted by Crippen LogP contribution is 2.21. The van der Waals surface area contributed by atoms with Crippen LogP contribution in [0.4, 0.5) is 0 Å². The van der Waals surface area contributed by atoms with E-state index in [1.807, 2.05) is 43.4 Å². The van der Waals surface area contributed by atoms with Gasteiger partial charge in [-0.1, -0.05) is 13.0 Å². The third kappa shape index (κ3) is 3.52. The first-order chi connectivity index (χ1) is 10.2. The summed E-state index contributed by atoms with van der Waals surface area (Å²) in [4.78, 5) is 12.3. The fourth-order valence-corrected chi connectivity index (χ4v) is 2.24. The van der Waals surface area contributed by atoms with Crippen molar-refractivity contribution in [2.75, 3.05) is 13.7 Å². The number of hydrogen-bond donors (Lipinski definition) is 1. The van der Waals surface area contributed by atoms with E-state index in [0.717, 1.165) is 35.6 Å². The lowest BCUT2D eigenvalue weighted by Gasteiger charge is -2.11. The fourth-order valence-electron chi connectivity index (χ4n) is 2.24. The Bertz CT molecular complexity index is 645. The number of benzene rings is 1. The Labute approximate surface area is 125 Å². The zero-order valence-corrected chi connectivity index (χ0v) is 12.8. The monoisotopic (exact) mass is 286 g/mol. The van der Waals surface area contributed by atoms with Crippen molar-refractivity contribution >= 4 is 0 Å². The first-order valence-electron chi connectivity index (χ1n) is 7.24. The van der Waals surface area contributed by atoms with Crippen LogP contribution in [0.5, 0.6) is 5.75 Å². The van der Waals surface area contributed by atoms with E-state index in [-0.39, 0.29) is 5.56 Å². The molecule has 0 fully saturated rings. The summed E-state index contributed by atoms with van der Waals surface area (Å²) < 4.78 is 7.26. The van der Waals surface area contributed by atoms with Gasteiger partial charge in [0.15, 0.2) is 0 Å². The minimum absolute atomic E-state index is 0.0353. The highest BCUT2D eigenvalue weighted by Gasteiger charge is 2.07. The van der Waals surface area contributed by atoms with Crippen LogP contribution in [-0.4, -0.2) is 18.2 Å². The number of nitrogens with zero attached hydrogens (tertiary/aromatic N) is 1. The van der Waals surface area contributed by atoms with Crippen LogP contribution in [0.25, 0.3) is 11.3 Å². The average Bonchev–Trinajstić information content (AvgIpc) is 2.51. The lowest BCUT2D eigenvalue weighted by molar-refractivity contribution is 0.317. The van der Waals surface area contributed by atoms with Crippen LogP contribution in [0.3, 0.4) is 0 Å². The summed E-state index contributed by atoms with van der Waals surface area (Å²) in [6.07, 6.45) is 0.989. The second-order valence-corrected chi connectivity index (χ2v) is 5.01. The first kappa shape index (κ1) is 15.3. The molecule has 0 radical (unpaired) electrons. The van der Waals surface area contributed by atoms with E-state index in [4.69, 9.17) is 4.74 Å². The van der Waals surface area contributed by atoms with Gasteiger partial charge in [0.1, 0.15) is 5.75 Å². The second-order valence-electron chi connectivity index (χ2n) is 5.01. The van der Waals surface area contributed by atoms with Gasteiger partial charge in [0.05, 0.1) is 12.3 Å². The van der Waals surface area contributed by atoms with Gasteiger partial charge in [-0.25, -0.2) is 0 Å². The van der Waals surface area contributed by atoms with E-state index in [9.17, 15) is 4.79 Å². The maximum atomic E-state index is 12.3. The molecule has 21 heavy (non-hydrogen) atoms. The number of ether oxygens (including phenoxy) is 1. The van der Waals surface area contributed by atoms with Crippen molar-refractivity contribution in [1.82, 2.24) is 9.88 Å². The molecule has 0 amide bonds. The Morgan fingerprint density at radius 3 is 2.48 bits per heavy atom. The van der Waals surface area contributed by atoms with Crippen LogP contribution in [0.15, 0.2) is 41.2 Å². The smallest absolute Gasteiger partial charge is 0.255 e. The van der Waals surface area contributed by atoms with Crippen molar-refractivity contribution < 1.29 is 4.74 Å². The Balaban J connectivity index is 2.30. The van der Waals surface area contributed by atoms with Gasteiger partial charge in [-0.3, -0.25) is 4.79 Å². The third-order valence-corrected chi connectivity index (χ3v) is 3.37. The summed E-state index contributed by atoms with van der Waals surface area (Å²) in [7, 11) is 3.64. The first-order valence-corrected chi connectivity index (χ1v) is 7.24. The molecular weight excluding hydrogens is 264 g/mol. The van der Waals surface area contributed by atoms with E-state index in [1.165, 1.54) is 0 Å². The van der Waals surface area contributed by atoms with E-state index >= 15 is 0 Å². The summed E-state index contributed by atoms with van der Waals surface area (Å²) in [6.45, 7) is 3.38. The molecule has 0 saturated heterocycles. The van der Waals surface area contributed by atoms with Crippen molar-refractivity contribution in [3.05, 3.63) is 52.3 Å². The molecule has 4 nitrogen and oxygen atoms in total. The number of aromatic nitrogens is 1. The quantitative estimate of drug-likeness (QED) is 0.887. The molecule has 1 aromatic heterocycles. The largest absolute Gasteiger partial charge is 0.494 e. The highest BCUT2D eigenvalue weighted by molar-refractivity contribution is 5.60. The van der Waals surface area contributed by atoms with E-state index < -0.39 is 0 Å². The van der Waals surface area contributed by atoms with Crippen LogP contribution in [-0.2, 0) is 13.6 Å². The molecule has 2 rings (SSSR count). The number of hydrogen-bond acceptors (Lipinski definition) is 3. The Morgan fingerprint density at radius 1 is 1.14 bits per heavy atom. The summed E-state index contributed by atoms with van der Waals surface area (Å²) in [6, 6.07) is 11.7.